The number of nitrogens with zero attached hydrogens (tertiary/aromatic N) is 5. The van der Waals surface area contributed by atoms with E-state index in [0.29, 0.717) is 24.0 Å². The van der Waals surface area contributed by atoms with Gasteiger partial charge in [-0.15, -0.1) is 11.3 Å². The summed E-state index contributed by atoms with van der Waals surface area (Å²) < 4.78 is 0. The molecule has 3 fully saturated rings. The van der Waals surface area contributed by atoms with Crippen LogP contribution in [0.2, 0.25) is 0 Å². The lowest BCUT2D eigenvalue weighted by molar-refractivity contribution is -0.141. The number of carboxylic acid groups (broad SMARTS) is 1. The molecule has 9 nitrogen and oxygen atoms in total. The fourth-order valence-electron chi connectivity index (χ4n) is 6.46. The van der Waals surface area contributed by atoms with Crippen molar-refractivity contribution >= 4 is 34.4 Å². The third-order valence-corrected chi connectivity index (χ3v) is 9.73. The van der Waals surface area contributed by atoms with Crippen LogP contribution in [0.25, 0.3) is 22.4 Å². The van der Waals surface area contributed by atoms with Crippen LogP contribution in [-0.4, -0.2) is 69.5 Å². The number of carbonyl (C=O) groups is 3. The van der Waals surface area contributed by atoms with E-state index in [0.717, 1.165) is 66.6 Å². The van der Waals surface area contributed by atoms with Gasteiger partial charge in [0.05, 0.1) is 23.9 Å². The van der Waals surface area contributed by atoms with Crippen LogP contribution in [0.4, 0.5) is 9.93 Å². The molecule has 1 unspecified atom stereocenters. The molecule has 2 saturated carbocycles. The topological polar surface area (TPSA) is 107 Å². The Labute approximate surface area is 250 Å². The molecule has 220 valence electrons. The predicted molar refractivity (Wildman–Crippen MR) is 162 cm³/mol. The smallest absolute Gasteiger partial charge is 0.320 e. The van der Waals surface area contributed by atoms with Gasteiger partial charge >= 0.3 is 12.0 Å². The van der Waals surface area contributed by atoms with Gasteiger partial charge in [0.2, 0.25) is 5.91 Å². The van der Waals surface area contributed by atoms with Gasteiger partial charge in [0, 0.05) is 55.3 Å². The Morgan fingerprint density at radius 3 is 2.43 bits per heavy atom. The van der Waals surface area contributed by atoms with Crippen LogP contribution >= 0.6 is 11.3 Å². The highest BCUT2D eigenvalue weighted by Gasteiger charge is 2.40. The van der Waals surface area contributed by atoms with E-state index >= 15 is 0 Å². The van der Waals surface area contributed by atoms with Crippen molar-refractivity contribution in [3.05, 3.63) is 53.7 Å². The molecule has 6 rings (SSSR count). The van der Waals surface area contributed by atoms with Crippen LogP contribution < -0.4 is 4.90 Å². The van der Waals surface area contributed by atoms with Crippen molar-refractivity contribution in [2.24, 2.45) is 11.8 Å². The molecule has 3 aromatic rings. The number of pyridine rings is 1. The van der Waals surface area contributed by atoms with E-state index in [9.17, 15) is 19.5 Å². The van der Waals surface area contributed by atoms with Crippen molar-refractivity contribution in [3.8, 4) is 22.4 Å². The first-order valence-electron chi connectivity index (χ1n) is 14.8. The van der Waals surface area contributed by atoms with E-state index in [2.05, 4.69) is 0 Å². The van der Waals surface area contributed by atoms with Crippen LogP contribution in [0, 0.1) is 11.8 Å². The van der Waals surface area contributed by atoms with E-state index < -0.39 is 11.9 Å². The zero-order valence-electron chi connectivity index (χ0n) is 24.1. The first kappa shape index (κ1) is 28.3. The summed E-state index contributed by atoms with van der Waals surface area (Å²) in [6, 6.07) is 12.0. The number of amides is 3. The average molecular weight is 588 g/mol. The predicted octanol–water partition coefficient (Wildman–Crippen LogP) is 6.08. The van der Waals surface area contributed by atoms with Crippen molar-refractivity contribution in [1.82, 2.24) is 19.8 Å². The van der Waals surface area contributed by atoms with Gasteiger partial charge in [0.1, 0.15) is 0 Å². The maximum absolute atomic E-state index is 13.9. The summed E-state index contributed by atoms with van der Waals surface area (Å²) in [7, 11) is 3.60. The third kappa shape index (κ3) is 5.77. The van der Waals surface area contributed by atoms with Crippen molar-refractivity contribution in [1.29, 1.82) is 0 Å². The second-order valence-electron chi connectivity index (χ2n) is 11.9. The first-order valence-corrected chi connectivity index (χ1v) is 15.7. The number of likely N-dealkylation sites (N-methyl/N-ethyl adjacent to an activating group) is 2. The molecule has 1 N–H and O–H groups in total. The summed E-state index contributed by atoms with van der Waals surface area (Å²) in [6.07, 6.45) is 8.65. The molecule has 0 spiro atoms. The molecular weight excluding hydrogens is 550 g/mol. The fraction of sp³-hybridized carbons (Fsp3) is 0.469. The molecule has 2 aliphatic carbocycles. The molecule has 3 heterocycles. The molecule has 10 heteroatoms. The van der Waals surface area contributed by atoms with Crippen LogP contribution in [-0.2, 0) is 9.59 Å². The molecule has 1 saturated heterocycles. The van der Waals surface area contributed by atoms with Gasteiger partial charge < -0.3 is 14.9 Å². The van der Waals surface area contributed by atoms with E-state index in [1.165, 1.54) is 11.3 Å². The maximum Gasteiger partial charge on any atom is 0.320 e. The number of thiazole rings is 1. The Morgan fingerprint density at radius 1 is 1.07 bits per heavy atom. The van der Waals surface area contributed by atoms with Crippen molar-refractivity contribution in [2.45, 2.75) is 63.5 Å². The Balaban J connectivity index is 1.25. The fourth-order valence-corrected chi connectivity index (χ4v) is 7.36. The van der Waals surface area contributed by atoms with Gasteiger partial charge in [-0.25, -0.2) is 9.78 Å². The monoisotopic (exact) mass is 587 g/mol. The second-order valence-corrected chi connectivity index (χ2v) is 12.8. The standard InChI is InChI=1S/C32H37N5O4S/c1-35-18-28(36(2)32(35)41)26-14-11-21(17-33-26)24-9-5-6-10-25(24)27-19-42-31(34-27)37(23-12-13-23)30(40)22(16-29(38)39)15-20-7-3-4-8-20/h5-6,9-11,14,17,19-20,22-23,28H,3-4,7-8,12-13,15-16,18H2,1-2H3,(H,38,39)/t22-,28?/m1/s1. The molecule has 2 aromatic heterocycles. The Kier molecular flexibility index (Phi) is 7.98. The number of carboxylic acids is 1. The van der Waals surface area contributed by atoms with E-state index in [-0.39, 0.29) is 30.4 Å². The molecule has 2 atom stereocenters. The van der Waals surface area contributed by atoms with Gasteiger partial charge in [-0.3, -0.25) is 19.5 Å². The maximum atomic E-state index is 13.9. The van der Waals surface area contributed by atoms with E-state index in [1.54, 1.807) is 28.8 Å². The molecule has 0 radical (unpaired) electrons. The SMILES string of the molecule is CN1CC(c2ccc(-c3ccccc3-c3csc(N(C(=O)[C@@H](CC(=O)O)CC4CCCC4)C4CC4)n3)cn2)N(C)C1=O. The minimum absolute atomic E-state index is 0.0119. The van der Waals surface area contributed by atoms with E-state index in [1.807, 2.05) is 48.0 Å². The molecule has 1 aliphatic heterocycles. The van der Waals surface area contributed by atoms with Gasteiger partial charge in [0.15, 0.2) is 5.13 Å². The van der Waals surface area contributed by atoms with Crippen molar-refractivity contribution in [2.75, 3.05) is 25.5 Å². The van der Waals surface area contributed by atoms with Gasteiger partial charge in [-0.2, -0.15) is 0 Å². The highest BCUT2D eigenvalue weighted by Crippen LogP contribution is 2.41. The number of aromatic nitrogens is 2. The van der Waals surface area contributed by atoms with Gasteiger partial charge in [-0.05, 0) is 36.8 Å². The number of aliphatic carboxylic acids is 1. The van der Waals surface area contributed by atoms with Gasteiger partial charge in [0.25, 0.3) is 0 Å². The number of hydrogen-bond acceptors (Lipinski definition) is 6. The molecule has 3 amide bonds. The number of rotatable bonds is 10. The molecule has 1 aromatic carbocycles. The lowest BCUT2D eigenvalue weighted by Crippen LogP contribution is -2.39. The summed E-state index contributed by atoms with van der Waals surface area (Å²) >= 11 is 1.44. The third-order valence-electron chi connectivity index (χ3n) is 8.89. The van der Waals surface area contributed by atoms with Crippen LogP contribution in [0.5, 0.6) is 0 Å². The molecule has 0 bridgehead atoms. The average Bonchev–Trinajstić information content (AvgIpc) is 3.35. The highest BCUT2D eigenvalue weighted by atomic mass is 32.1. The number of hydrogen-bond donors (Lipinski definition) is 1. The zero-order chi connectivity index (χ0) is 29.4. The molecular formula is C32H37N5O4S. The quantitative estimate of drug-likeness (QED) is 0.308. The normalized spacial score (nSPS) is 19.9. The summed E-state index contributed by atoms with van der Waals surface area (Å²) in [5.74, 6) is -1.12. The largest absolute Gasteiger partial charge is 0.481 e. The summed E-state index contributed by atoms with van der Waals surface area (Å²) in [6.45, 7) is 0.601. The van der Waals surface area contributed by atoms with E-state index in [4.69, 9.17) is 9.97 Å². The van der Waals surface area contributed by atoms with Crippen molar-refractivity contribution in [3.63, 3.8) is 0 Å². The molecule has 42 heavy (non-hydrogen) atoms. The zero-order valence-corrected chi connectivity index (χ0v) is 24.9. The summed E-state index contributed by atoms with van der Waals surface area (Å²) in [5, 5.41) is 12.2. The molecule has 3 aliphatic rings. The lowest BCUT2D eigenvalue weighted by atomic mass is 9.90. The van der Waals surface area contributed by atoms with Gasteiger partial charge in [-0.1, -0.05) is 56.0 Å². The highest BCUT2D eigenvalue weighted by molar-refractivity contribution is 7.14. The Hall–Kier alpha value is -3.79. The first-order chi connectivity index (χ1) is 20.3. The van der Waals surface area contributed by atoms with Crippen LogP contribution in [0.1, 0.15) is 63.1 Å². The lowest BCUT2D eigenvalue weighted by Gasteiger charge is -2.26. The Morgan fingerprint density at radius 2 is 1.81 bits per heavy atom. The Bertz CT molecular complexity index is 1460. The van der Waals surface area contributed by atoms with Crippen LogP contribution in [0.3, 0.4) is 0 Å². The minimum Gasteiger partial charge on any atom is -0.481 e. The summed E-state index contributed by atoms with van der Waals surface area (Å²) in [4.78, 5) is 52.7. The number of benzene rings is 1. The minimum atomic E-state index is -0.923. The number of carbonyl (C=O) groups excluding carboxylic acids is 2. The number of anilines is 1. The van der Waals surface area contributed by atoms with Crippen LogP contribution in [0.15, 0.2) is 48.0 Å². The number of urea groups is 1. The van der Waals surface area contributed by atoms with Crippen molar-refractivity contribution < 1.29 is 19.5 Å². The second kappa shape index (κ2) is 11.8. The summed E-state index contributed by atoms with van der Waals surface area (Å²) in [5.41, 5.74) is 4.49.